The third-order valence-corrected chi connectivity index (χ3v) is 3.28. The summed E-state index contributed by atoms with van der Waals surface area (Å²) in [5.74, 6) is 0.723. The maximum atomic E-state index is 12.4. The molecule has 0 saturated carbocycles. The molecule has 8 heteroatoms. The summed E-state index contributed by atoms with van der Waals surface area (Å²) in [6.45, 7) is 2.24. The average Bonchev–Trinajstić information content (AvgIpc) is 2.55. The molecule has 1 heterocycles. The topological polar surface area (TPSA) is 69.3 Å². The van der Waals surface area contributed by atoms with Crippen molar-refractivity contribution in [3.63, 3.8) is 0 Å². The number of hydrogen-bond donors (Lipinski definition) is 1. The van der Waals surface area contributed by atoms with E-state index < -0.39 is 6.61 Å². The van der Waals surface area contributed by atoms with Crippen molar-refractivity contribution in [3.8, 4) is 11.5 Å². The number of rotatable bonds is 6. The zero-order valence-electron chi connectivity index (χ0n) is 13.0. The predicted octanol–water partition coefficient (Wildman–Crippen LogP) is 1.83. The van der Waals surface area contributed by atoms with Gasteiger partial charge in [0.1, 0.15) is 0 Å². The van der Waals surface area contributed by atoms with Crippen LogP contribution >= 0.6 is 0 Å². The van der Waals surface area contributed by atoms with E-state index in [1.807, 2.05) is 4.90 Å². The Bertz CT molecular complexity index is 535. The molecule has 0 atom stereocenters. The van der Waals surface area contributed by atoms with Crippen molar-refractivity contribution in [1.29, 1.82) is 0 Å². The van der Waals surface area contributed by atoms with Crippen molar-refractivity contribution in [2.24, 2.45) is 10.7 Å². The first kappa shape index (κ1) is 17.3. The summed E-state index contributed by atoms with van der Waals surface area (Å²) in [5, 5.41) is 0. The Morgan fingerprint density at radius 2 is 2.09 bits per heavy atom. The van der Waals surface area contributed by atoms with Gasteiger partial charge < -0.3 is 24.8 Å². The fourth-order valence-corrected chi connectivity index (χ4v) is 2.18. The van der Waals surface area contributed by atoms with Crippen molar-refractivity contribution in [3.05, 3.63) is 23.8 Å². The molecule has 0 amide bonds. The van der Waals surface area contributed by atoms with Crippen LogP contribution in [0.1, 0.15) is 12.5 Å². The van der Waals surface area contributed by atoms with Gasteiger partial charge in [-0.3, -0.25) is 0 Å². The molecule has 0 spiro atoms. The molecule has 0 radical (unpaired) electrons. The van der Waals surface area contributed by atoms with Crippen LogP contribution in [-0.4, -0.2) is 50.4 Å². The van der Waals surface area contributed by atoms with Gasteiger partial charge >= 0.3 is 6.61 Å². The minimum absolute atomic E-state index is 0.00994. The lowest BCUT2D eigenvalue weighted by Crippen LogP contribution is -2.44. The molecule has 0 aromatic heterocycles. The lowest BCUT2D eigenvalue weighted by atomic mass is 10.2. The Morgan fingerprint density at radius 3 is 2.74 bits per heavy atom. The second-order valence-electron chi connectivity index (χ2n) is 4.87. The van der Waals surface area contributed by atoms with Gasteiger partial charge in [-0.15, -0.1) is 0 Å². The van der Waals surface area contributed by atoms with Crippen molar-refractivity contribution in [2.75, 3.05) is 32.9 Å². The quantitative estimate of drug-likeness (QED) is 0.637. The molecule has 6 nitrogen and oxygen atoms in total. The molecule has 0 unspecified atom stereocenters. The van der Waals surface area contributed by atoms with Crippen LogP contribution in [0.2, 0.25) is 0 Å². The Morgan fingerprint density at radius 1 is 1.35 bits per heavy atom. The molecule has 128 valence electrons. The molecule has 1 aromatic rings. The van der Waals surface area contributed by atoms with Gasteiger partial charge in [-0.25, -0.2) is 4.99 Å². The van der Waals surface area contributed by atoms with Crippen LogP contribution in [0.15, 0.2) is 23.2 Å². The Kier molecular flexibility index (Phi) is 6.40. The van der Waals surface area contributed by atoms with Gasteiger partial charge in [0.25, 0.3) is 0 Å². The Hall–Kier alpha value is -2.09. The van der Waals surface area contributed by atoms with Crippen LogP contribution in [0.4, 0.5) is 8.78 Å². The van der Waals surface area contributed by atoms with E-state index in [0.717, 1.165) is 5.56 Å². The normalized spacial score (nSPS) is 15.8. The van der Waals surface area contributed by atoms with E-state index in [-0.39, 0.29) is 11.5 Å². The van der Waals surface area contributed by atoms with Crippen LogP contribution in [0.3, 0.4) is 0 Å². The van der Waals surface area contributed by atoms with Gasteiger partial charge in [0.15, 0.2) is 17.5 Å². The van der Waals surface area contributed by atoms with E-state index in [2.05, 4.69) is 9.73 Å². The number of guanidine groups is 1. The summed E-state index contributed by atoms with van der Waals surface area (Å²) in [4.78, 5) is 6.28. The monoisotopic (exact) mass is 329 g/mol. The minimum atomic E-state index is -2.89. The number of aliphatic imine (C=N–C) groups is 1. The second kappa shape index (κ2) is 8.52. The number of halogens is 2. The van der Waals surface area contributed by atoms with Crippen LogP contribution in [-0.2, 0) is 11.3 Å². The van der Waals surface area contributed by atoms with Crippen molar-refractivity contribution in [1.82, 2.24) is 4.90 Å². The lowest BCUT2D eigenvalue weighted by Gasteiger charge is -2.27. The highest BCUT2D eigenvalue weighted by atomic mass is 19.3. The molecule has 1 aliphatic heterocycles. The Labute approximate surface area is 133 Å². The molecule has 2 rings (SSSR count). The third-order valence-electron chi connectivity index (χ3n) is 3.28. The summed E-state index contributed by atoms with van der Waals surface area (Å²) >= 11 is 0. The first-order valence-electron chi connectivity index (χ1n) is 7.43. The predicted molar refractivity (Wildman–Crippen MR) is 82.0 cm³/mol. The first-order valence-corrected chi connectivity index (χ1v) is 7.43. The smallest absolute Gasteiger partial charge is 0.387 e. The lowest BCUT2D eigenvalue weighted by molar-refractivity contribution is -0.0514. The van der Waals surface area contributed by atoms with Gasteiger partial charge in [-0.1, -0.05) is 6.07 Å². The number of hydrogen-bond acceptors (Lipinski definition) is 4. The molecule has 1 fully saturated rings. The van der Waals surface area contributed by atoms with E-state index >= 15 is 0 Å². The molecule has 23 heavy (non-hydrogen) atoms. The molecule has 1 saturated heterocycles. The minimum Gasteiger partial charge on any atom is -0.490 e. The van der Waals surface area contributed by atoms with E-state index in [1.54, 1.807) is 19.1 Å². The average molecular weight is 329 g/mol. The van der Waals surface area contributed by atoms with Crippen molar-refractivity contribution < 1.29 is 23.0 Å². The third kappa shape index (κ3) is 5.24. The van der Waals surface area contributed by atoms with Crippen LogP contribution in [0.25, 0.3) is 0 Å². The largest absolute Gasteiger partial charge is 0.490 e. The number of nitrogens with two attached hydrogens (primary N) is 1. The van der Waals surface area contributed by atoms with E-state index in [0.29, 0.717) is 45.4 Å². The summed E-state index contributed by atoms with van der Waals surface area (Å²) in [6, 6.07) is 4.75. The van der Waals surface area contributed by atoms with E-state index in [4.69, 9.17) is 15.2 Å². The maximum absolute atomic E-state index is 12.4. The van der Waals surface area contributed by atoms with Crippen molar-refractivity contribution in [2.45, 2.75) is 20.1 Å². The Balaban J connectivity index is 2.05. The number of nitrogens with zero attached hydrogens (tertiary/aromatic N) is 2. The fraction of sp³-hybridized carbons (Fsp3) is 0.533. The maximum Gasteiger partial charge on any atom is 0.387 e. The van der Waals surface area contributed by atoms with Crippen LogP contribution in [0.5, 0.6) is 11.5 Å². The molecular formula is C15H21F2N3O3. The molecular weight excluding hydrogens is 308 g/mol. The highest BCUT2D eigenvalue weighted by Crippen LogP contribution is 2.30. The van der Waals surface area contributed by atoms with Gasteiger partial charge in [0.05, 0.1) is 26.4 Å². The summed E-state index contributed by atoms with van der Waals surface area (Å²) < 4.78 is 39.8. The SMILES string of the molecule is CCOc1cc(CN=C(N)N2CCOCC2)ccc1OC(F)F. The van der Waals surface area contributed by atoms with Gasteiger partial charge in [0, 0.05) is 13.1 Å². The standard InChI is InChI=1S/C15H21F2N3O3/c1-2-22-13-9-11(3-4-12(13)23-14(16)17)10-19-15(18)20-5-7-21-8-6-20/h3-4,9,14H,2,5-8,10H2,1H3,(H2,18,19). The van der Waals surface area contributed by atoms with Gasteiger partial charge in [-0.2, -0.15) is 8.78 Å². The molecule has 0 bridgehead atoms. The first-order chi connectivity index (χ1) is 11.1. The molecule has 1 aromatic carbocycles. The number of benzene rings is 1. The highest BCUT2D eigenvalue weighted by Gasteiger charge is 2.13. The summed E-state index contributed by atoms with van der Waals surface area (Å²) in [6.07, 6.45) is 0. The fourth-order valence-electron chi connectivity index (χ4n) is 2.18. The van der Waals surface area contributed by atoms with Crippen LogP contribution < -0.4 is 15.2 Å². The number of morpholine rings is 1. The molecule has 2 N–H and O–H groups in total. The van der Waals surface area contributed by atoms with Crippen LogP contribution in [0, 0.1) is 0 Å². The number of ether oxygens (including phenoxy) is 3. The van der Waals surface area contributed by atoms with Gasteiger partial charge in [0.2, 0.25) is 0 Å². The van der Waals surface area contributed by atoms with Crippen molar-refractivity contribution >= 4 is 5.96 Å². The van der Waals surface area contributed by atoms with E-state index in [1.165, 1.54) is 6.07 Å². The number of alkyl halides is 2. The second-order valence-corrected chi connectivity index (χ2v) is 4.87. The van der Waals surface area contributed by atoms with E-state index in [9.17, 15) is 8.78 Å². The zero-order chi connectivity index (χ0) is 16.7. The molecule has 0 aliphatic carbocycles. The van der Waals surface area contributed by atoms with Gasteiger partial charge in [-0.05, 0) is 24.6 Å². The highest BCUT2D eigenvalue weighted by molar-refractivity contribution is 5.78. The zero-order valence-corrected chi connectivity index (χ0v) is 13.0. The summed E-state index contributed by atoms with van der Waals surface area (Å²) in [5.41, 5.74) is 6.75. The summed E-state index contributed by atoms with van der Waals surface area (Å²) in [7, 11) is 0. The molecule has 1 aliphatic rings.